The Kier molecular flexibility index (Phi) is 4.45. The molecule has 0 unspecified atom stereocenters. The molecular weight excluding hydrogens is 336 g/mol. The molecule has 3 rings (SSSR count). The van der Waals surface area contributed by atoms with E-state index in [1.807, 2.05) is 6.92 Å². The standard InChI is InChI=1S/C20H24O6/c1-6-9(2)18(22)25-13-7-10(3)12-8-14(21)20(5,24)16(12)17-15(13)11(4)19(23)26-17/h6-8,13-17,21,24H,4H2,1-3,5H3/b9-6-/t13-,14+,15+,16-,17-,20+/m0/s1. The first kappa shape index (κ1) is 18.6. The first-order chi connectivity index (χ1) is 12.1. The van der Waals surface area contributed by atoms with Gasteiger partial charge in [-0.05, 0) is 51.0 Å². The largest absolute Gasteiger partial charge is 0.457 e. The number of aliphatic hydroxyl groups excluding tert-OH is 1. The Labute approximate surface area is 152 Å². The van der Waals surface area contributed by atoms with E-state index < -0.39 is 47.7 Å². The third-order valence-corrected chi connectivity index (χ3v) is 5.71. The third-order valence-electron chi connectivity index (χ3n) is 5.71. The van der Waals surface area contributed by atoms with Gasteiger partial charge < -0.3 is 19.7 Å². The van der Waals surface area contributed by atoms with E-state index in [0.29, 0.717) is 11.1 Å². The molecule has 2 aliphatic carbocycles. The molecule has 2 N–H and O–H groups in total. The van der Waals surface area contributed by atoms with Crippen molar-refractivity contribution in [3.05, 3.63) is 47.1 Å². The van der Waals surface area contributed by atoms with Gasteiger partial charge in [0.15, 0.2) is 0 Å². The average molecular weight is 360 g/mol. The van der Waals surface area contributed by atoms with Crippen molar-refractivity contribution in [3.63, 3.8) is 0 Å². The minimum Gasteiger partial charge on any atom is -0.457 e. The van der Waals surface area contributed by atoms with E-state index in [1.165, 1.54) is 6.92 Å². The Morgan fingerprint density at radius 2 is 2.08 bits per heavy atom. The molecular formula is C20H24O6. The predicted octanol–water partition coefficient (Wildman–Crippen LogP) is 1.59. The zero-order chi connectivity index (χ0) is 19.4. The van der Waals surface area contributed by atoms with Gasteiger partial charge in [0, 0.05) is 11.1 Å². The fourth-order valence-corrected chi connectivity index (χ4v) is 3.98. The van der Waals surface area contributed by atoms with E-state index >= 15 is 0 Å². The van der Waals surface area contributed by atoms with E-state index in [-0.39, 0.29) is 5.57 Å². The van der Waals surface area contributed by atoms with Crippen molar-refractivity contribution in [2.75, 3.05) is 0 Å². The molecule has 1 fully saturated rings. The summed E-state index contributed by atoms with van der Waals surface area (Å²) < 4.78 is 11.2. The Morgan fingerprint density at radius 3 is 2.69 bits per heavy atom. The molecule has 6 heteroatoms. The first-order valence-electron chi connectivity index (χ1n) is 8.64. The number of allylic oxidation sites excluding steroid dienone is 2. The topological polar surface area (TPSA) is 93.1 Å². The summed E-state index contributed by atoms with van der Waals surface area (Å²) in [7, 11) is 0. The molecule has 0 radical (unpaired) electrons. The van der Waals surface area contributed by atoms with Crippen LogP contribution in [0.3, 0.4) is 0 Å². The molecule has 3 aliphatic rings. The molecule has 26 heavy (non-hydrogen) atoms. The summed E-state index contributed by atoms with van der Waals surface area (Å²) in [6, 6.07) is 0. The second kappa shape index (κ2) is 6.21. The van der Waals surface area contributed by atoms with Crippen LogP contribution in [0.25, 0.3) is 0 Å². The molecule has 6 atom stereocenters. The van der Waals surface area contributed by atoms with Crippen molar-refractivity contribution >= 4 is 11.9 Å². The summed E-state index contributed by atoms with van der Waals surface area (Å²) in [6.07, 6.45) is 2.36. The Bertz CT molecular complexity index is 769. The number of aliphatic hydroxyl groups is 2. The van der Waals surface area contributed by atoms with Gasteiger partial charge in [-0.15, -0.1) is 0 Å². The number of rotatable bonds is 2. The maximum absolute atomic E-state index is 12.3. The highest BCUT2D eigenvalue weighted by atomic mass is 16.6. The van der Waals surface area contributed by atoms with Crippen LogP contribution < -0.4 is 0 Å². The number of hydrogen-bond acceptors (Lipinski definition) is 6. The number of esters is 2. The highest BCUT2D eigenvalue weighted by molar-refractivity contribution is 5.92. The number of carbonyl (C=O) groups excluding carboxylic acids is 2. The molecule has 0 bridgehead atoms. The molecule has 0 aromatic rings. The van der Waals surface area contributed by atoms with Crippen LogP contribution in [0.4, 0.5) is 0 Å². The lowest BCUT2D eigenvalue weighted by Gasteiger charge is -2.35. The minimum atomic E-state index is -1.50. The fourth-order valence-electron chi connectivity index (χ4n) is 3.98. The SMILES string of the molecule is C=C1C(=O)O[C@H]2[C@H]1[C@@H](OC(=O)/C(C)=C\C)C=C(C)C1=C[C@@H](O)[C@@](C)(O)[C@@H]12. The summed E-state index contributed by atoms with van der Waals surface area (Å²) in [6.45, 7) is 10.5. The lowest BCUT2D eigenvalue weighted by Crippen LogP contribution is -2.49. The Morgan fingerprint density at radius 1 is 1.42 bits per heavy atom. The van der Waals surface area contributed by atoms with Crippen LogP contribution in [-0.4, -0.2) is 46.1 Å². The molecule has 0 amide bonds. The third kappa shape index (κ3) is 2.64. The van der Waals surface area contributed by atoms with Crippen molar-refractivity contribution in [2.45, 2.75) is 51.6 Å². The van der Waals surface area contributed by atoms with Crippen LogP contribution in [-0.2, 0) is 19.1 Å². The van der Waals surface area contributed by atoms with Crippen molar-refractivity contribution in [2.24, 2.45) is 11.8 Å². The number of ether oxygens (including phenoxy) is 2. The molecule has 6 nitrogen and oxygen atoms in total. The molecule has 0 aromatic carbocycles. The number of hydrogen-bond donors (Lipinski definition) is 2. The second-order valence-electron chi connectivity index (χ2n) is 7.38. The van der Waals surface area contributed by atoms with Crippen LogP contribution in [0, 0.1) is 11.8 Å². The first-order valence-corrected chi connectivity index (χ1v) is 8.64. The molecule has 0 spiro atoms. The number of fused-ring (bicyclic) bond motifs is 3. The van der Waals surface area contributed by atoms with E-state index in [0.717, 1.165) is 5.57 Å². The minimum absolute atomic E-state index is 0.202. The normalized spacial score (nSPS) is 39.5. The average Bonchev–Trinajstić information content (AvgIpc) is 2.94. The van der Waals surface area contributed by atoms with Gasteiger partial charge in [0.2, 0.25) is 0 Å². The lowest BCUT2D eigenvalue weighted by atomic mass is 9.76. The van der Waals surface area contributed by atoms with Crippen molar-refractivity contribution in [1.82, 2.24) is 0 Å². The molecule has 1 heterocycles. The lowest BCUT2D eigenvalue weighted by molar-refractivity contribution is -0.152. The van der Waals surface area contributed by atoms with Gasteiger partial charge in [0.05, 0.1) is 11.8 Å². The molecule has 0 saturated carbocycles. The van der Waals surface area contributed by atoms with Crippen LogP contribution in [0.15, 0.2) is 47.1 Å². The van der Waals surface area contributed by atoms with E-state index in [1.54, 1.807) is 32.1 Å². The quantitative estimate of drug-likeness (QED) is 0.574. The van der Waals surface area contributed by atoms with Crippen molar-refractivity contribution in [3.8, 4) is 0 Å². The Balaban J connectivity index is 2.08. The van der Waals surface area contributed by atoms with Crippen LogP contribution in [0.1, 0.15) is 27.7 Å². The molecule has 1 aliphatic heterocycles. The van der Waals surface area contributed by atoms with Gasteiger partial charge in [-0.25, -0.2) is 9.59 Å². The van der Waals surface area contributed by atoms with E-state index in [2.05, 4.69) is 6.58 Å². The summed E-state index contributed by atoms with van der Waals surface area (Å²) >= 11 is 0. The monoisotopic (exact) mass is 360 g/mol. The van der Waals surface area contributed by atoms with Gasteiger partial charge in [0.25, 0.3) is 0 Å². The summed E-state index contributed by atoms with van der Waals surface area (Å²) in [4.78, 5) is 24.5. The molecule has 0 aromatic heterocycles. The van der Waals surface area contributed by atoms with Gasteiger partial charge in [-0.1, -0.05) is 12.7 Å². The summed E-state index contributed by atoms with van der Waals surface area (Å²) in [5.74, 6) is -2.32. The van der Waals surface area contributed by atoms with Gasteiger partial charge in [-0.2, -0.15) is 0 Å². The van der Waals surface area contributed by atoms with Gasteiger partial charge in [0.1, 0.15) is 23.9 Å². The zero-order valence-electron chi connectivity index (χ0n) is 15.4. The zero-order valence-corrected chi connectivity index (χ0v) is 15.4. The van der Waals surface area contributed by atoms with Crippen molar-refractivity contribution < 1.29 is 29.3 Å². The van der Waals surface area contributed by atoms with Crippen LogP contribution in [0.5, 0.6) is 0 Å². The summed E-state index contributed by atoms with van der Waals surface area (Å²) in [5, 5.41) is 21.1. The van der Waals surface area contributed by atoms with Crippen LogP contribution >= 0.6 is 0 Å². The van der Waals surface area contributed by atoms with E-state index in [4.69, 9.17) is 9.47 Å². The highest BCUT2D eigenvalue weighted by Gasteiger charge is 2.59. The van der Waals surface area contributed by atoms with E-state index in [9.17, 15) is 19.8 Å². The van der Waals surface area contributed by atoms with Gasteiger partial charge >= 0.3 is 11.9 Å². The van der Waals surface area contributed by atoms with Crippen molar-refractivity contribution in [1.29, 1.82) is 0 Å². The van der Waals surface area contributed by atoms with Gasteiger partial charge in [-0.3, -0.25) is 0 Å². The maximum atomic E-state index is 12.3. The maximum Gasteiger partial charge on any atom is 0.334 e. The highest BCUT2D eigenvalue weighted by Crippen LogP contribution is 2.50. The smallest absolute Gasteiger partial charge is 0.334 e. The Hall–Kier alpha value is -2.18. The van der Waals surface area contributed by atoms with Crippen LogP contribution in [0.2, 0.25) is 0 Å². The molecule has 1 saturated heterocycles. The molecule has 140 valence electrons. The predicted molar refractivity (Wildman–Crippen MR) is 93.8 cm³/mol. The summed E-state index contributed by atoms with van der Waals surface area (Å²) in [5.41, 5.74) is 0.612. The fraction of sp³-hybridized carbons (Fsp3) is 0.500. The second-order valence-corrected chi connectivity index (χ2v) is 7.38. The number of carbonyl (C=O) groups is 2.